The summed E-state index contributed by atoms with van der Waals surface area (Å²) in [6.07, 6.45) is 5.52. The van der Waals surface area contributed by atoms with Crippen molar-refractivity contribution in [3.05, 3.63) is 41.2 Å². The SMILES string of the molecule is CN1[C@@H](CCC(=O)NCc2cccnc2)CNC(=O)[C@@H]2[C@@H]1CCN2Cc1csnn1. The van der Waals surface area contributed by atoms with Gasteiger partial charge in [0.25, 0.3) is 0 Å². The van der Waals surface area contributed by atoms with E-state index in [0.717, 1.165) is 24.2 Å². The third-order valence-corrected chi connectivity index (χ3v) is 6.59. The lowest BCUT2D eigenvalue weighted by molar-refractivity contribution is -0.126. The van der Waals surface area contributed by atoms with Gasteiger partial charge in [-0.05, 0) is 43.1 Å². The minimum atomic E-state index is -0.193. The summed E-state index contributed by atoms with van der Waals surface area (Å²) in [4.78, 5) is 33.7. The number of amides is 2. The fourth-order valence-corrected chi connectivity index (χ4v) is 4.82. The molecule has 0 spiro atoms. The molecule has 0 aliphatic carbocycles. The fourth-order valence-electron chi connectivity index (χ4n) is 4.38. The predicted octanol–water partition coefficient (Wildman–Crippen LogP) is 0.403. The number of likely N-dealkylation sites (N-methyl/N-ethyl adjacent to an activating group) is 1. The first-order chi connectivity index (χ1) is 14.6. The summed E-state index contributed by atoms with van der Waals surface area (Å²) in [6, 6.07) is 3.88. The van der Waals surface area contributed by atoms with Crippen LogP contribution in [0.25, 0.3) is 0 Å². The lowest BCUT2D eigenvalue weighted by atomic mass is 10.0. The third-order valence-electron chi connectivity index (χ3n) is 6.04. The number of rotatable bonds is 7. The van der Waals surface area contributed by atoms with Gasteiger partial charge >= 0.3 is 0 Å². The van der Waals surface area contributed by atoms with Gasteiger partial charge in [-0.25, -0.2) is 0 Å². The first kappa shape index (κ1) is 20.8. The molecule has 9 nitrogen and oxygen atoms in total. The van der Waals surface area contributed by atoms with Crippen molar-refractivity contribution in [1.82, 2.24) is 35.0 Å². The van der Waals surface area contributed by atoms with Crippen LogP contribution in [-0.2, 0) is 22.7 Å². The van der Waals surface area contributed by atoms with Crippen LogP contribution in [-0.4, -0.2) is 74.4 Å². The van der Waals surface area contributed by atoms with E-state index in [9.17, 15) is 9.59 Å². The van der Waals surface area contributed by atoms with Crippen molar-refractivity contribution in [2.45, 2.75) is 50.5 Å². The summed E-state index contributed by atoms with van der Waals surface area (Å²) in [5, 5.41) is 12.1. The number of hydrogen-bond donors (Lipinski definition) is 2. The van der Waals surface area contributed by atoms with Crippen LogP contribution in [0.3, 0.4) is 0 Å². The molecule has 2 aromatic rings. The molecule has 3 atom stereocenters. The van der Waals surface area contributed by atoms with Gasteiger partial charge in [0.2, 0.25) is 11.8 Å². The average Bonchev–Trinajstić information content (AvgIpc) is 3.40. The zero-order chi connectivity index (χ0) is 20.9. The molecule has 4 rings (SSSR count). The highest BCUT2D eigenvalue weighted by Gasteiger charge is 2.45. The Morgan fingerprint density at radius 2 is 2.33 bits per heavy atom. The van der Waals surface area contributed by atoms with Gasteiger partial charge in [-0.2, -0.15) is 0 Å². The molecule has 2 aromatic heterocycles. The van der Waals surface area contributed by atoms with Crippen molar-refractivity contribution in [2.24, 2.45) is 0 Å². The van der Waals surface area contributed by atoms with Gasteiger partial charge in [-0.3, -0.25) is 24.4 Å². The molecule has 2 fully saturated rings. The highest BCUT2D eigenvalue weighted by molar-refractivity contribution is 7.03. The van der Waals surface area contributed by atoms with Crippen LogP contribution in [0.5, 0.6) is 0 Å². The number of carbonyl (C=O) groups excluding carboxylic acids is 2. The van der Waals surface area contributed by atoms with E-state index in [4.69, 9.17) is 0 Å². The molecule has 160 valence electrons. The Kier molecular flexibility index (Phi) is 6.66. The summed E-state index contributed by atoms with van der Waals surface area (Å²) in [5.41, 5.74) is 1.89. The largest absolute Gasteiger partial charge is 0.353 e. The Hall–Kier alpha value is -2.43. The molecule has 0 radical (unpaired) electrons. The molecule has 30 heavy (non-hydrogen) atoms. The lowest BCUT2D eigenvalue weighted by Crippen LogP contribution is -2.49. The third kappa shape index (κ3) is 4.82. The van der Waals surface area contributed by atoms with Crippen LogP contribution < -0.4 is 10.6 Å². The Bertz CT molecular complexity index is 848. The number of nitrogens with one attached hydrogen (secondary N) is 2. The molecular weight excluding hydrogens is 402 g/mol. The van der Waals surface area contributed by atoms with Gasteiger partial charge in [0.1, 0.15) is 6.04 Å². The van der Waals surface area contributed by atoms with E-state index in [1.54, 1.807) is 12.4 Å². The monoisotopic (exact) mass is 429 g/mol. The van der Waals surface area contributed by atoms with E-state index in [0.29, 0.717) is 32.5 Å². The Balaban J connectivity index is 1.31. The molecule has 2 N–H and O–H groups in total. The van der Waals surface area contributed by atoms with Gasteiger partial charge in [0.05, 0.1) is 5.69 Å². The summed E-state index contributed by atoms with van der Waals surface area (Å²) >= 11 is 1.33. The molecule has 2 aliphatic heterocycles. The molecule has 2 saturated heterocycles. The number of pyridine rings is 1. The maximum atomic E-state index is 12.8. The minimum absolute atomic E-state index is 0.0171. The number of fused-ring (bicyclic) bond motifs is 1. The molecule has 2 amide bonds. The fraction of sp³-hybridized carbons (Fsp3) is 0.550. The van der Waals surface area contributed by atoms with Crippen LogP contribution in [0.1, 0.15) is 30.5 Å². The van der Waals surface area contributed by atoms with Crippen LogP contribution in [0.15, 0.2) is 29.9 Å². The Labute approximate surface area is 180 Å². The van der Waals surface area contributed by atoms with Crippen LogP contribution in [0.4, 0.5) is 0 Å². The summed E-state index contributed by atoms with van der Waals surface area (Å²) in [6.45, 7) is 2.53. The van der Waals surface area contributed by atoms with Crippen LogP contribution in [0.2, 0.25) is 0 Å². The molecule has 0 bridgehead atoms. The second-order valence-corrected chi connectivity index (χ2v) is 8.52. The molecule has 2 aliphatic rings. The predicted molar refractivity (Wildman–Crippen MR) is 112 cm³/mol. The number of carbonyl (C=O) groups is 2. The van der Waals surface area contributed by atoms with Gasteiger partial charge in [-0.1, -0.05) is 10.6 Å². The van der Waals surface area contributed by atoms with E-state index < -0.39 is 0 Å². The van der Waals surface area contributed by atoms with Crippen molar-refractivity contribution in [2.75, 3.05) is 20.1 Å². The molecule has 0 unspecified atom stereocenters. The van der Waals surface area contributed by atoms with Gasteiger partial charge in [0.15, 0.2) is 0 Å². The topological polar surface area (TPSA) is 103 Å². The number of likely N-dealkylation sites (tertiary alicyclic amines) is 1. The zero-order valence-corrected chi connectivity index (χ0v) is 17.8. The van der Waals surface area contributed by atoms with Gasteiger partial charge < -0.3 is 10.6 Å². The summed E-state index contributed by atoms with van der Waals surface area (Å²) in [7, 11) is 2.07. The first-order valence-corrected chi connectivity index (χ1v) is 11.1. The Morgan fingerprint density at radius 1 is 1.43 bits per heavy atom. The van der Waals surface area contributed by atoms with Crippen molar-refractivity contribution in [3.63, 3.8) is 0 Å². The molecule has 10 heteroatoms. The minimum Gasteiger partial charge on any atom is -0.353 e. The van der Waals surface area contributed by atoms with Crippen LogP contribution >= 0.6 is 11.5 Å². The Morgan fingerprint density at radius 3 is 3.10 bits per heavy atom. The van der Waals surface area contributed by atoms with E-state index in [2.05, 4.69) is 42.1 Å². The first-order valence-electron chi connectivity index (χ1n) is 10.3. The van der Waals surface area contributed by atoms with Gasteiger partial charge in [-0.15, -0.1) is 5.10 Å². The standard InChI is InChI=1S/C20H27N7O2S/c1-26-16(4-5-18(28)22-10-14-3-2-7-21-9-14)11-23-20(29)19-17(26)6-8-27(19)12-15-13-30-25-24-15/h2-3,7,9,13,16-17,19H,4-6,8,10-12H2,1H3,(H,22,28)(H,23,29)/t16-,17-,19-/m0/s1. The number of nitrogens with zero attached hydrogens (tertiary/aromatic N) is 5. The normalized spacial score (nSPS) is 24.8. The zero-order valence-electron chi connectivity index (χ0n) is 17.0. The van der Waals surface area contributed by atoms with Crippen LogP contribution in [0, 0.1) is 0 Å². The molecular formula is C20H27N7O2S. The highest BCUT2D eigenvalue weighted by atomic mass is 32.1. The number of aromatic nitrogens is 3. The molecule has 4 heterocycles. The highest BCUT2D eigenvalue weighted by Crippen LogP contribution is 2.28. The quantitative estimate of drug-likeness (QED) is 0.657. The van der Waals surface area contributed by atoms with E-state index in [1.807, 2.05) is 17.5 Å². The van der Waals surface area contributed by atoms with Crippen molar-refractivity contribution < 1.29 is 9.59 Å². The average molecular weight is 430 g/mol. The summed E-state index contributed by atoms with van der Waals surface area (Å²) < 4.78 is 3.92. The van der Waals surface area contributed by atoms with E-state index >= 15 is 0 Å². The molecule has 0 saturated carbocycles. The van der Waals surface area contributed by atoms with Crippen molar-refractivity contribution in [1.29, 1.82) is 0 Å². The molecule has 0 aromatic carbocycles. The maximum Gasteiger partial charge on any atom is 0.239 e. The van der Waals surface area contributed by atoms with E-state index in [1.165, 1.54) is 11.5 Å². The van der Waals surface area contributed by atoms with Gasteiger partial charge in [0, 0.05) is 62.5 Å². The second kappa shape index (κ2) is 9.59. The smallest absolute Gasteiger partial charge is 0.239 e. The van der Waals surface area contributed by atoms with Crippen molar-refractivity contribution in [3.8, 4) is 0 Å². The van der Waals surface area contributed by atoms with E-state index in [-0.39, 0.29) is 29.9 Å². The van der Waals surface area contributed by atoms with Crippen molar-refractivity contribution >= 4 is 23.3 Å². The maximum absolute atomic E-state index is 12.8. The lowest BCUT2D eigenvalue weighted by Gasteiger charge is -2.33. The number of hydrogen-bond acceptors (Lipinski definition) is 8. The second-order valence-electron chi connectivity index (χ2n) is 7.91. The summed E-state index contributed by atoms with van der Waals surface area (Å²) in [5.74, 6) is 0.0829.